The van der Waals surface area contributed by atoms with E-state index in [0.717, 1.165) is 24.2 Å². The molecular formula is C14H19N3O. The Bertz CT molecular complexity index is 500. The monoisotopic (exact) mass is 245 g/mol. The van der Waals surface area contributed by atoms with E-state index < -0.39 is 0 Å². The SMILES string of the molecule is CC[C@@H](C)C(=O)NCCc1cn2ccccc2n1. The molecule has 0 aliphatic heterocycles. The maximum atomic E-state index is 11.6. The summed E-state index contributed by atoms with van der Waals surface area (Å²) in [6.45, 7) is 4.61. The summed E-state index contributed by atoms with van der Waals surface area (Å²) < 4.78 is 1.99. The van der Waals surface area contributed by atoms with Crippen molar-refractivity contribution in [1.29, 1.82) is 0 Å². The zero-order valence-corrected chi connectivity index (χ0v) is 10.9. The minimum Gasteiger partial charge on any atom is -0.355 e. The van der Waals surface area contributed by atoms with Crippen LogP contribution in [0, 0.1) is 5.92 Å². The number of nitrogens with one attached hydrogen (secondary N) is 1. The number of aromatic nitrogens is 2. The van der Waals surface area contributed by atoms with Crippen molar-refractivity contribution in [2.24, 2.45) is 5.92 Å². The highest BCUT2D eigenvalue weighted by molar-refractivity contribution is 5.78. The van der Waals surface area contributed by atoms with E-state index in [4.69, 9.17) is 0 Å². The molecule has 0 aliphatic rings. The fourth-order valence-corrected chi connectivity index (χ4v) is 1.78. The highest BCUT2D eigenvalue weighted by Gasteiger charge is 2.09. The molecule has 1 amide bonds. The molecule has 2 heterocycles. The second-order valence-corrected chi connectivity index (χ2v) is 4.55. The average molecular weight is 245 g/mol. The number of amides is 1. The topological polar surface area (TPSA) is 46.4 Å². The zero-order chi connectivity index (χ0) is 13.0. The van der Waals surface area contributed by atoms with Crippen LogP contribution in [0.15, 0.2) is 30.6 Å². The molecule has 18 heavy (non-hydrogen) atoms. The van der Waals surface area contributed by atoms with Crippen LogP contribution in [0.2, 0.25) is 0 Å². The summed E-state index contributed by atoms with van der Waals surface area (Å²) >= 11 is 0. The molecule has 0 unspecified atom stereocenters. The third kappa shape index (κ3) is 2.88. The van der Waals surface area contributed by atoms with Crippen LogP contribution in [0.4, 0.5) is 0 Å². The van der Waals surface area contributed by atoms with Crippen molar-refractivity contribution in [1.82, 2.24) is 14.7 Å². The Morgan fingerprint density at radius 2 is 2.33 bits per heavy atom. The van der Waals surface area contributed by atoms with E-state index >= 15 is 0 Å². The molecule has 0 radical (unpaired) electrons. The Labute approximate surface area is 107 Å². The number of rotatable bonds is 5. The molecule has 2 rings (SSSR count). The predicted molar refractivity (Wildman–Crippen MR) is 71.4 cm³/mol. The largest absolute Gasteiger partial charge is 0.355 e. The first-order valence-corrected chi connectivity index (χ1v) is 6.41. The van der Waals surface area contributed by atoms with Gasteiger partial charge in [-0.2, -0.15) is 0 Å². The lowest BCUT2D eigenvalue weighted by atomic mass is 10.1. The molecule has 0 aromatic carbocycles. The highest BCUT2D eigenvalue weighted by Crippen LogP contribution is 2.05. The van der Waals surface area contributed by atoms with Crippen molar-refractivity contribution in [3.8, 4) is 0 Å². The number of nitrogens with zero attached hydrogens (tertiary/aromatic N) is 2. The molecule has 4 heteroatoms. The van der Waals surface area contributed by atoms with Gasteiger partial charge in [0.1, 0.15) is 5.65 Å². The van der Waals surface area contributed by atoms with Crippen molar-refractivity contribution < 1.29 is 4.79 Å². The molecule has 0 saturated heterocycles. The van der Waals surface area contributed by atoms with Crippen molar-refractivity contribution in [3.63, 3.8) is 0 Å². The number of hydrogen-bond acceptors (Lipinski definition) is 2. The highest BCUT2D eigenvalue weighted by atomic mass is 16.1. The lowest BCUT2D eigenvalue weighted by molar-refractivity contribution is -0.124. The molecule has 1 N–H and O–H groups in total. The Hall–Kier alpha value is -1.84. The van der Waals surface area contributed by atoms with Crippen LogP contribution in [-0.2, 0) is 11.2 Å². The van der Waals surface area contributed by atoms with E-state index in [0.29, 0.717) is 6.54 Å². The molecule has 2 aromatic heterocycles. The number of hydrogen-bond donors (Lipinski definition) is 1. The molecule has 2 aromatic rings. The van der Waals surface area contributed by atoms with Gasteiger partial charge in [0.2, 0.25) is 5.91 Å². The molecule has 0 aliphatic carbocycles. The number of pyridine rings is 1. The molecule has 96 valence electrons. The van der Waals surface area contributed by atoms with Gasteiger partial charge in [0.05, 0.1) is 5.69 Å². The maximum absolute atomic E-state index is 11.6. The van der Waals surface area contributed by atoms with E-state index in [1.165, 1.54) is 0 Å². The van der Waals surface area contributed by atoms with Gasteiger partial charge in [-0.05, 0) is 18.6 Å². The molecule has 0 saturated carbocycles. The van der Waals surface area contributed by atoms with Crippen LogP contribution < -0.4 is 5.32 Å². The normalized spacial score (nSPS) is 12.6. The van der Waals surface area contributed by atoms with Gasteiger partial charge in [-0.15, -0.1) is 0 Å². The molecule has 1 atom stereocenters. The number of carbonyl (C=O) groups excluding carboxylic acids is 1. The lowest BCUT2D eigenvalue weighted by Crippen LogP contribution is -2.30. The minimum absolute atomic E-state index is 0.0890. The van der Waals surface area contributed by atoms with Crippen LogP contribution in [-0.4, -0.2) is 21.8 Å². The lowest BCUT2D eigenvalue weighted by Gasteiger charge is -2.08. The van der Waals surface area contributed by atoms with E-state index in [1.807, 2.05) is 48.8 Å². The van der Waals surface area contributed by atoms with Gasteiger partial charge < -0.3 is 9.72 Å². The van der Waals surface area contributed by atoms with Crippen molar-refractivity contribution in [2.75, 3.05) is 6.54 Å². The summed E-state index contributed by atoms with van der Waals surface area (Å²) in [5, 5.41) is 2.94. The summed E-state index contributed by atoms with van der Waals surface area (Å²) in [5.74, 6) is 0.215. The van der Waals surface area contributed by atoms with Crippen LogP contribution in [0.5, 0.6) is 0 Å². The number of imidazole rings is 1. The van der Waals surface area contributed by atoms with Gasteiger partial charge >= 0.3 is 0 Å². The quantitative estimate of drug-likeness (QED) is 0.876. The Morgan fingerprint density at radius 3 is 3.06 bits per heavy atom. The van der Waals surface area contributed by atoms with E-state index in [9.17, 15) is 4.79 Å². The van der Waals surface area contributed by atoms with Gasteiger partial charge in [0.15, 0.2) is 0 Å². The van der Waals surface area contributed by atoms with Crippen LogP contribution >= 0.6 is 0 Å². The van der Waals surface area contributed by atoms with E-state index in [2.05, 4.69) is 10.3 Å². The minimum atomic E-state index is 0.0890. The van der Waals surface area contributed by atoms with Gasteiger partial charge in [0, 0.05) is 31.3 Å². The standard InChI is InChI=1S/C14H19N3O/c1-3-11(2)14(18)15-8-7-12-10-17-9-5-4-6-13(17)16-12/h4-6,9-11H,3,7-8H2,1-2H3,(H,15,18)/t11-/m1/s1. The van der Waals surface area contributed by atoms with E-state index in [1.54, 1.807) is 0 Å². The summed E-state index contributed by atoms with van der Waals surface area (Å²) in [5.41, 5.74) is 1.95. The molecular weight excluding hydrogens is 226 g/mol. The fourth-order valence-electron chi connectivity index (χ4n) is 1.78. The molecule has 4 nitrogen and oxygen atoms in total. The van der Waals surface area contributed by atoms with Gasteiger partial charge in [-0.1, -0.05) is 19.9 Å². The van der Waals surface area contributed by atoms with Crippen molar-refractivity contribution >= 4 is 11.6 Å². The Kier molecular flexibility index (Phi) is 3.97. The van der Waals surface area contributed by atoms with E-state index in [-0.39, 0.29) is 11.8 Å². The Morgan fingerprint density at radius 1 is 1.50 bits per heavy atom. The first-order valence-electron chi connectivity index (χ1n) is 6.41. The van der Waals surface area contributed by atoms with Crippen LogP contribution in [0.25, 0.3) is 5.65 Å². The van der Waals surface area contributed by atoms with Gasteiger partial charge in [0.25, 0.3) is 0 Å². The molecule has 0 fully saturated rings. The Balaban J connectivity index is 1.89. The predicted octanol–water partition coefficient (Wildman–Crippen LogP) is 2.04. The summed E-state index contributed by atoms with van der Waals surface area (Å²) in [4.78, 5) is 16.1. The average Bonchev–Trinajstić information content (AvgIpc) is 2.80. The fraction of sp³-hybridized carbons (Fsp3) is 0.429. The second kappa shape index (κ2) is 5.67. The number of fused-ring (bicyclic) bond motifs is 1. The summed E-state index contributed by atoms with van der Waals surface area (Å²) in [7, 11) is 0. The third-order valence-corrected chi connectivity index (χ3v) is 3.15. The van der Waals surface area contributed by atoms with Crippen molar-refractivity contribution in [2.45, 2.75) is 26.7 Å². The van der Waals surface area contributed by atoms with Crippen LogP contribution in [0.3, 0.4) is 0 Å². The second-order valence-electron chi connectivity index (χ2n) is 4.55. The first kappa shape index (κ1) is 12.6. The maximum Gasteiger partial charge on any atom is 0.222 e. The summed E-state index contributed by atoms with van der Waals surface area (Å²) in [6, 6.07) is 5.92. The smallest absolute Gasteiger partial charge is 0.222 e. The third-order valence-electron chi connectivity index (χ3n) is 3.15. The van der Waals surface area contributed by atoms with Crippen LogP contribution in [0.1, 0.15) is 26.0 Å². The van der Waals surface area contributed by atoms with Gasteiger partial charge in [-0.3, -0.25) is 4.79 Å². The van der Waals surface area contributed by atoms with Crippen molar-refractivity contribution in [3.05, 3.63) is 36.3 Å². The number of carbonyl (C=O) groups is 1. The molecule has 0 spiro atoms. The first-order chi connectivity index (χ1) is 8.70. The van der Waals surface area contributed by atoms with Gasteiger partial charge in [-0.25, -0.2) is 4.98 Å². The molecule has 0 bridgehead atoms. The zero-order valence-electron chi connectivity index (χ0n) is 10.9. The summed E-state index contributed by atoms with van der Waals surface area (Å²) in [6.07, 6.45) is 5.62.